The Balaban J connectivity index is 2.31. The van der Waals surface area contributed by atoms with Crippen molar-refractivity contribution in [1.82, 2.24) is 15.3 Å². The van der Waals surface area contributed by atoms with Crippen LogP contribution in [0.1, 0.15) is 25.8 Å². The smallest absolute Gasteiger partial charge is 0.224 e. The molecule has 6 heteroatoms. The van der Waals surface area contributed by atoms with Crippen LogP contribution in [0.3, 0.4) is 0 Å². The van der Waals surface area contributed by atoms with Crippen LogP contribution in [-0.4, -0.2) is 43.9 Å². The van der Waals surface area contributed by atoms with Crippen molar-refractivity contribution in [3.05, 3.63) is 11.9 Å². The lowest BCUT2D eigenvalue weighted by Crippen LogP contribution is -2.18. The van der Waals surface area contributed by atoms with Gasteiger partial charge in [-0.1, -0.05) is 13.8 Å². The third kappa shape index (κ3) is 5.71. The first kappa shape index (κ1) is 16.7. The van der Waals surface area contributed by atoms with E-state index in [0.29, 0.717) is 24.2 Å². The molecule has 1 rings (SSSR count). The Kier molecular flexibility index (Phi) is 7.91. The predicted molar refractivity (Wildman–Crippen MR) is 77.1 cm³/mol. The van der Waals surface area contributed by atoms with Crippen LogP contribution < -0.4 is 14.8 Å². The fourth-order valence-corrected chi connectivity index (χ4v) is 1.72. The summed E-state index contributed by atoms with van der Waals surface area (Å²) in [7, 11) is 3.18. The summed E-state index contributed by atoms with van der Waals surface area (Å²) in [6.45, 7) is 7.34. The van der Waals surface area contributed by atoms with Gasteiger partial charge in [-0.2, -0.15) is 0 Å². The molecule has 0 aliphatic heterocycles. The highest BCUT2D eigenvalue weighted by Gasteiger charge is 2.11. The number of rotatable bonds is 10. The minimum absolute atomic E-state index is 0.542. The molecule has 0 aliphatic carbocycles. The van der Waals surface area contributed by atoms with Gasteiger partial charge in [0.15, 0.2) is 0 Å². The van der Waals surface area contributed by atoms with E-state index in [-0.39, 0.29) is 0 Å². The molecule has 0 unspecified atom stereocenters. The van der Waals surface area contributed by atoms with Crippen molar-refractivity contribution >= 4 is 0 Å². The summed E-state index contributed by atoms with van der Waals surface area (Å²) in [6.07, 6.45) is 2.39. The molecule has 0 aromatic carbocycles. The van der Waals surface area contributed by atoms with Gasteiger partial charge in [0.2, 0.25) is 11.8 Å². The van der Waals surface area contributed by atoms with Crippen molar-refractivity contribution in [1.29, 1.82) is 0 Å². The van der Waals surface area contributed by atoms with Crippen LogP contribution in [0.15, 0.2) is 6.33 Å². The number of nitrogens with one attached hydrogen (secondary N) is 1. The van der Waals surface area contributed by atoms with Gasteiger partial charge in [-0.3, -0.25) is 0 Å². The molecule has 0 atom stereocenters. The molecule has 0 radical (unpaired) electrons. The summed E-state index contributed by atoms with van der Waals surface area (Å²) in [4.78, 5) is 8.15. The molecule has 0 saturated heterocycles. The van der Waals surface area contributed by atoms with Gasteiger partial charge in [-0.05, 0) is 18.9 Å². The largest absolute Gasteiger partial charge is 0.481 e. The van der Waals surface area contributed by atoms with Crippen molar-refractivity contribution in [2.45, 2.75) is 26.8 Å². The van der Waals surface area contributed by atoms with Crippen LogP contribution >= 0.6 is 0 Å². The molecule has 1 heterocycles. The standard InChI is InChI=1S/C14H25N3O3/c1-11(2)9-20-7-5-6-15-8-12-13(18-3)16-10-17-14(12)19-4/h10-11,15H,5-9H2,1-4H3. The third-order valence-corrected chi connectivity index (χ3v) is 2.65. The van der Waals surface area contributed by atoms with Crippen molar-refractivity contribution < 1.29 is 14.2 Å². The zero-order chi connectivity index (χ0) is 14.8. The van der Waals surface area contributed by atoms with Gasteiger partial charge in [0.25, 0.3) is 0 Å². The summed E-state index contributed by atoms with van der Waals surface area (Å²) < 4.78 is 16.0. The second-order valence-corrected chi connectivity index (χ2v) is 4.87. The number of hydrogen-bond acceptors (Lipinski definition) is 6. The summed E-state index contributed by atoms with van der Waals surface area (Å²) in [5, 5.41) is 3.32. The molecule has 20 heavy (non-hydrogen) atoms. The minimum atomic E-state index is 0.542. The predicted octanol–water partition coefficient (Wildman–Crippen LogP) is 1.65. The molecule has 1 N–H and O–H groups in total. The number of ether oxygens (including phenoxy) is 3. The highest BCUT2D eigenvalue weighted by Crippen LogP contribution is 2.22. The van der Waals surface area contributed by atoms with E-state index >= 15 is 0 Å². The van der Waals surface area contributed by atoms with Gasteiger partial charge in [-0.15, -0.1) is 0 Å². The Morgan fingerprint density at radius 3 is 2.35 bits per heavy atom. The minimum Gasteiger partial charge on any atom is -0.481 e. The second-order valence-electron chi connectivity index (χ2n) is 4.87. The molecule has 0 aliphatic rings. The number of nitrogens with zero attached hydrogens (tertiary/aromatic N) is 2. The molecule has 0 fully saturated rings. The SMILES string of the molecule is COc1ncnc(OC)c1CNCCCOCC(C)C. The van der Waals surface area contributed by atoms with Gasteiger partial charge in [0.1, 0.15) is 6.33 Å². The average molecular weight is 283 g/mol. The van der Waals surface area contributed by atoms with Crippen LogP contribution in [-0.2, 0) is 11.3 Å². The quantitative estimate of drug-likeness (QED) is 0.659. The van der Waals surface area contributed by atoms with E-state index in [2.05, 4.69) is 29.1 Å². The van der Waals surface area contributed by atoms with Crippen LogP contribution in [0.25, 0.3) is 0 Å². The van der Waals surface area contributed by atoms with Crippen molar-refractivity contribution in [3.8, 4) is 11.8 Å². The Labute approximate surface area is 120 Å². The van der Waals surface area contributed by atoms with E-state index in [9.17, 15) is 0 Å². The molecule has 6 nitrogen and oxygen atoms in total. The number of aromatic nitrogens is 2. The van der Waals surface area contributed by atoms with Crippen LogP contribution in [0.5, 0.6) is 11.8 Å². The highest BCUT2D eigenvalue weighted by atomic mass is 16.5. The monoisotopic (exact) mass is 283 g/mol. The second kappa shape index (κ2) is 9.50. The van der Waals surface area contributed by atoms with Gasteiger partial charge >= 0.3 is 0 Å². The molecule has 114 valence electrons. The van der Waals surface area contributed by atoms with E-state index in [4.69, 9.17) is 14.2 Å². The lowest BCUT2D eigenvalue weighted by molar-refractivity contribution is 0.108. The Bertz CT molecular complexity index is 364. The molecular formula is C14H25N3O3. The zero-order valence-corrected chi connectivity index (χ0v) is 12.8. The fraction of sp³-hybridized carbons (Fsp3) is 0.714. The van der Waals surface area contributed by atoms with Crippen LogP contribution in [0.2, 0.25) is 0 Å². The first-order chi connectivity index (χ1) is 9.69. The average Bonchev–Trinajstić information content (AvgIpc) is 2.45. The molecular weight excluding hydrogens is 258 g/mol. The maximum atomic E-state index is 5.52. The Morgan fingerprint density at radius 1 is 1.15 bits per heavy atom. The Hall–Kier alpha value is -1.40. The lowest BCUT2D eigenvalue weighted by atomic mass is 10.2. The molecule has 1 aromatic heterocycles. The van der Waals surface area contributed by atoms with Gasteiger partial charge in [0, 0.05) is 19.8 Å². The summed E-state index contributed by atoms with van der Waals surface area (Å²) in [5.41, 5.74) is 0.834. The van der Waals surface area contributed by atoms with E-state index < -0.39 is 0 Å². The summed E-state index contributed by atoms with van der Waals surface area (Å²) in [6, 6.07) is 0. The van der Waals surface area contributed by atoms with Crippen LogP contribution in [0.4, 0.5) is 0 Å². The van der Waals surface area contributed by atoms with Crippen LogP contribution in [0, 0.1) is 5.92 Å². The third-order valence-electron chi connectivity index (χ3n) is 2.65. The maximum absolute atomic E-state index is 5.52. The van der Waals surface area contributed by atoms with E-state index in [1.165, 1.54) is 6.33 Å². The first-order valence-corrected chi connectivity index (χ1v) is 6.89. The Morgan fingerprint density at radius 2 is 1.80 bits per heavy atom. The lowest BCUT2D eigenvalue weighted by Gasteiger charge is -2.11. The topological polar surface area (TPSA) is 65.5 Å². The maximum Gasteiger partial charge on any atom is 0.224 e. The van der Waals surface area contributed by atoms with Crippen molar-refractivity contribution in [2.75, 3.05) is 34.0 Å². The van der Waals surface area contributed by atoms with Gasteiger partial charge in [0.05, 0.1) is 19.8 Å². The van der Waals surface area contributed by atoms with Crippen molar-refractivity contribution in [2.24, 2.45) is 5.92 Å². The molecule has 0 spiro atoms. The normalized spacial score (nSPS) is 10.8. The number of hydrogen-bond donors (Lipinski definition) is 1. The highest BCUT2D eigenvalue weighted by molar-refractivity contribution is 5.34. The van der Waals surface area contributed by atoms with Gasteiger partial charge in [-0.25, -0.2) is 9.97 Å². The van der Waals surface area contributed by atoms with E-state index in [1.807, 2.05) is 0 Å². The fourth-order valence-electron chi connectivity index (χ4n) is 1.72. The molecule has 1 aromatic rings. The summed E-state index contributed by atoms with van der Waals surface area (Å²) in [5.74, 6) is 1.67. The first-order valence-electron chi connectivity index (χ1n) is 6.89. The molecule has 0 saturated carbocycles. The van der Waals surface area contributed by atoms with E-state index in [1.54, 1.807) is 14.2 Å². The zero-order valence-electron chi connectivity index (χ0n) is 12.8. The number of methoxy groups -OCH3 is 2. The van der Waals surface area contributed by atoms with Crippen molar-refractivity contribution in [3.63, 3.8) is 0 Å². The van der Waals surface area contributed by atoms with E-state index in [0.717, 1.165) is 31.7 Å². The summed E-state index contributed by atoms with van der Waals surface area (Å²) >= 11 is 0. The molecule has 0 bridgehead atoms. The van der Waals surface area contributed by atoms with Gasteiger partial charge < -0.3 is 19.5 Å². The molecule has 0 amide bonds.